The molecule has 0 saturated heterocycles. The summed E-state index contributed by atoms with van der Waals surface area (Å²) < 4.78 is 0. The fraction of sp³-hybridized carbons (Fsp3) is 0.133. The highest BCUT2D eigenvalue weighted by molar-refractivity contribution is 8.00. The van der Waals surface area contributed by atoms with Crippen LogP contribution in [0.3, 0.4) is 0 Å². The molecule has 5 heteroatoms. The molecule has 2 aromatic carbocycles. The molecular weight excluding hydrogens is 294 g/mol. The van der Waals surface area contributed by atoms with Crippen LogP contribution in [0, 0.1) is 6.92 Å². The van der Waals surface area contributed by atoms with Crippen LogP contribution in [0.15, 0.2) is 47.4 Å². The van der Waals surface area contributed by atoms with Crippen LogP contribution >= 0.6 is 23.4 Å². The Balaban J connectivity index is 1.96. The minimum Gasteiger partial charge on any atom is -0.507 e. The number of benzene rings is 2. The summed E-state index contributed by atoms with van der Waals surface area (Å²) in [5.41, 5.74) is 1.55. The average Bonchev–Trinajstić information content (AvgIpc) is 2.43. The molecule has 2 N–H and O–H groups in total. The van der Waals surface area contributed by atoms with Crippen molar-refractivity contribution in [3.8, 4) is 5.75 Å². The first-order valence-corrected chi connectivity index (χ1v) is 7.40. The first-order valence-electron chi connectivity index (χ1n) is 6.03. The van der Waals surface area contributed by atoms with Crippen LogP contribution in [0.5, 0.6) is 5.75 Å². The smallest absolute Gasteiger partial charge is 0.234 e. The van der Waals surface area contributed by atoms with Gasteiger partial charge in [-0.3, -0.25) is 4.79 Å². The summed E-state index contributed by atoms with van der Waals surface area (Å²) in [6.07, 6.45) is 0. The zero-order valence-electron chi connectivity index (χ0n) is 10.9. The molecule has 3 nitrogen and oxygen atoms in total. The van der Waals surface area contributed by atoms with E-state index in [1.165, 1.54) is 11.8 Å². The maximum atomic E-state index is 11.9. The number of phenols is 1. The number of phenolic OH excluding ortho intramolecular Hbond substituents is 1. The molecule has 0 unspecified atom stereocenters. The average molecular weight is 308 g/mol. The quantitative estimate of drug-likeness (QED) is 0.837. The summed E-state index contributed by atoms with van der Waals surface area (Å²) in [7, 11) is 0. The number of nitrogens with one attached hydrogen (secondary N) is 1. The third-order valence-electron chi connectivity index (χ3n) is 2.77. The fourth-order valence-electron chi connectivity index (χ4n) is 1.65. The van der Waals surface area contributed by atoms with Crippen LogP contribution in [0.25, 0.3) is 0 Å². The topological polar surface area (TPSA) is 49.3 Å². The van der Waals surface area contributed by atoms with Gasteiger partial charge < -0.3 is 10.4 Å². The van der Waals surface area contributed by atoms with E-state index < -0.39 is 0 Å². The number of hydrogen-bond acceptors (Lipinski definition) is 3. The zero-order chi connectivity index (χ0) is 14.5. The molecule has 0 aliphatic carbocycles. The number of para-hydroxylation sites is 1. The van der Waals surface area contributed by atoms with Crippen LogP contribution in [0.1, 0.15) is 5.56 Å². The van der Waals surface area contributed by atoms with E-state index in [9.17, 15) is 9.90 Å². The highest BCUT2D eigenvalue weighted by Crippen LogP contribution is 2.28. The molecule has 0 heterocycles. The van der Waals surface area contributed by atoms with Gasteiger partial charge in [0.2, 0.25) is 5.91 Å². The van der Waals surface area contributed by atoms with E-state index >= 15 is 0 Å². The van der Waals surface area contributed by atoms with Gasteiger partial charge in [-0.05, 0) is 36.8 Å². The number of carbonyl (C=O) groups is 1. The van der Waals surface area contributed by atoms with Gasteiger partial charge >= 0.3 is 0 Å². The van der Waals surface area contributed by atoms with E-state index in [-0.39, 0.29) is 17.4 Å². The normalized spacial score (nSPS) is 10.3. The third-order valence-corrected chi connectivity index (χ3v) is 4.24. The lowest BCUT2D eigenvalue weighted by molar-refractivity contribution is -0.113. The number of amides is 1. The van der Waals surface area contributed by atoms with Gasteiger partial charge in [-0.25, -0.2) is 0 Å². The van der Waals surface area contributed by atoms with Crippen molar-refractivity contribution in [3.05, 3.63) is 53.1 Å². The Morgan fingerprint density at radius 2 is 2.00 bits per heavy atom. The van der Waals surface area contributed by atoms with Crippen molar-refractivity contribution >= 4 is 35.0 Å². The predicted molar refractivity (Wildman–Crippen MR) is 83.6 cm³/mol. The first-order chi connectivity index (χ1) is 9.58. The summed E-state index contributed by atoms with van der Waals surface area (Å²) in [6.45, 7) is 1.86. The van der Waals surface area contributed by atoms with Crippen molar-refractivity contribution in [1.82, 2.24) is 0 Å². The summed E-state index contributed by atoms with van der Waals surface area (Å²) in [5.74, 6) is 0.275. The van der Waals surface area contributed by atoms with Gasteiger partial charge in [0.1, 0.15) is 5.75 Å². The summed E-state index contributed by atoms with van der Waals surface area (Å²) in [6, 6.07) is 12.3. The van der Waals surface area contributed by atoms with Gasteiger partial charge in [-0.1, -0.05) is 29.8 Å². The lowest BCUT2D eigenvalue weighted by Crippen LogP contribution is -2.14. The molecule has 0 aromatic heterocycles. The molecule has 20 heavy (non-hydrogen) atoms. The SMILES string of the molecule is Cc1c(Cl)cccc1NC(=O)CSc1ccccc1O. The van der Waals surface area contributed by atoms with Crippen molar-refractivity contribution in [1.29, 1.82) is 0 Å². The molecule has 0 spiro atoms. The number of anilines is 1. The highest BCUT2D eigenvalue weighted by Gasteiger charge is 2.08. The first kappa shape index (κ1) is 14.8. The zero-order valence-corrected chi connectivity index (χ0v) is 12.5. The number of aromatic hydroxyl groups is 1. The van der Waals surface area contributed by atoms with Crippen molar-refractivity contribution in [2.75, 3.05) is 11.1 Å². The van der Waals surface area contributed by atoms with Gasteiger partial charge in [-0.15, -0.1) is 11.8 Å². The van der Waals surface area contributed by atoms with E-state index in [2.05, 4.69) is 5.32 Å². The number of thioether (sulfide) groups is 1. The van der Waals surface area contributed by atoms with E-state index in [4.69, 9.17) is 11.6 Å². The second kappa shape index (κ2) is 6.68. The maximum Gasteiger partial charge on any atom is 0.234 e. The molecule has 0 radical (unpaired) electrons. The minimum absolute atomic E-state index is 0.136. The van der Waals surface area contributed by atoms with Crippen LogP contribution in [0.4, 0.5) is 5.69 Å². The highest BCUT2D eigenvalue weighted by atomic mass is 35.5. The Morgan fingerprint density at radius 3 is 2.75 bits per heavy atom. The van der Waals surface area contributed by atoms with E-state index in [0.29, 0.717) is 15.6 Å². The van der Waals surface area contributed by atoms with Gasteiger partial charge in [0.15, 0.2) is 0 Å². The third kappa shape index (κ3) is 3.68. The van der Waals surface area contributed by atoms with E-state index in [1.54, 1.807) is 30.3 Å². The van der Waals surface area contributed by atoms with Gasteiger partial charge in [0, 0.05) is 15.6 Å². The maximum absolute atomic E-state index is 11.9. The van der Waals surface area contributed by atoms with Crippen molar-refractivity contribution in [2.45, 2.75) is 11.8 Å². The Hall–Kier alpha value is -1.65. The summed E-state index contributed by atoms with van der Waals surface area (Å²) in [4.78, 5) is 12.6. The second-order valence-electron chi connectivity index (χ2n) is 4.22. The number of carbonyl (C=O) groups excluding carboxylic acids is 1. The molecule has 0 aliphatic heterocycles. The van der Waals surface area contributed by atoms with Crippen molar-refractivity contribution in [3.63, 3.8) is 0 Å². The minimum atomic E-state index is -0.136. The predicted octanol–water partition coefficient (Wildman–Crippen LogP) is 4.08. The molecule has 0 bridgehead atoms. The lowest BCUT2D eigenvalue weighted by atomic mass is 10.2. The van der Waals surface area contributed by atoms with Gasteiger partial charge in [-0.2, -0.15) is 0 Å². The molecule has 104 valence electrons. The van der Waals surface area contributed by atoms with Crippen LogP contribution < -0.4 is 5.32 Å². The molecule has 2 rings (SSSR count). The van der Waals surface area contributed by atoms with E-state index in [1.807, 2.05) is 19.1 Å². The largest absolute Gasteiger partial charge is 0.507 e. The van der Waals surface area contributed by atoms with Crippen LogP contribution in [-0.2, 0) is 4.79 Å². The molecule has 0 fully saturated rings. The van der Waals surface area contributed by atoms with Crippen molar-refractivity contribution in [2.24, 2.45) is 0 Å². The lowest BCUT2D eigenvalue weighted by Gasteiger charge is -2.09. The Labute approximate surface area is 127 Å². The van der Waals surface area contributed by atoms with Crippen LogP contribution in [0.2, 0.25) is 5.02 Å². The Morgan fingerprint density at radius 1 is 1.25 bits per heavy atom. The molecular formula is C15H14ClNO2S. The van der Waals surface area contributed by atoms with Crippen LogP contribution in [-0.4, -0.2) is 16.8 Å². The number of rotatable bonds is 4. The standard InChI is InChI=1S/C15H14ClNO2S/c1-10-11(16)5-4-6-12(10)17-15(19)9-20-14-8-3-2-7-13(14)18/h2-8,18H,9H2,1H3,(H,17,19). The molecule has 2 aromatic rings. The summed E-state index contributed by atoms with van der Waals surface area (Å²) in [5, 5.41) is 13.1. The number of halogens is 1. The molecule has 0 atom stereocenters. The second-order valence-corrected chi connectivity index (χ2v) is 5.64. The van der Waals surface area contributed by atoms with E-state index in [0.717, 1.165) is 5.56 Å². The summed E-state index contributed by atoms with van der Waals surface area (Å²) >= 11 is 7.29. The molecule has 0 aliphatic rings. The number of hydrogen-bond donors (Lipinski definition) is 2. The molecule has 1 amide bonds. The Bertz CT molecular complexity index is 631. The fourth-order valence-corrected chi connectivity index (χ4v) is 2.58. The monoisotopic (exact) mass is 307 g/mol. The van der Waals surface area contributed by atoms with Crippen molar-refractivity contribution < 1.29 is 9.90 Å². The van der Waals surface area contributed by atoms with Gasteiger partial charge in [0.05, 0.1) is 5.75 Å². The molecule has 0 saturated carbocycles. The Kier molecular flexibility index (Phi) is 4.93. The van der Waals surface area contributed by atoms with Gasteiger partial charge in [0.25, 0.3) is 0 Å².